The molecular formula is C21H18BrF6NO2. The van der Waals surface area contributed by atoms with E-state index in [0.717, 1.165) is 24.3 Å². The molecule has 2 aromatic carbocycles. The van der Waals surface area contributed by atoms with E-state index >= 15 is 0 Å². The second-order valence-electron chi connectivity index (χ2n) is 6.85. The molecule has 3 nitrogen and oxygen atoms in total. The molecule has 0 unspecified atom stereocenters. The van der Waals surface area contributed by atoms with Crippen LogP contribution in [0.5, 0.6) is 0 Å². The van der Waals surface area contributed by atoms with E-state index in [4.69, 9.17) is 5.11 Å². The Morgan fingerprint density at radius 3 is 2.29 bits per heavy atom. The Hall–Kier alpha value is -2.49. The van der Waals surface area contributed by atoms with Crippen LogP contribution in [-0.4, -0.2) is 11.2 Å². The van der Waals surface area contributed by atoms with E-state index < -0.39 is 35.6 Å². The lowest BCUT2D eigenvalue weighted by molar-refractivity contribution is -0.138. The number of benzene rings is 2. The molecule has 0 saturated carbocycles. The van der Waals surface area contributed by atoms with Gasteiger partial charge in [-0.15, -0.1) is 0 Å². The lowest BCUT2D eigenvalue weighted by atomic mass is 9.99. The Bertz CT molecular complexity index is 969. The van der Waals surface area contributed by atoms with Crippen LogP contribution in [0.3, 0.4) is 0 Å². The third kappa shape index (κ3) is 7.30. The summed E-state index contributed by atoms with van der Waals surface area (Å²) < 4.78 is 78.2. The summed E-state index contributed by atoms with van der Waals surface area (Å²) in [6.07, 6.45) is -7.17. The maximum absolute atomic E-state index is 13.0. The van der Waals surface area contributed by atoms with Gasteiger partial charge in [0.2, 0.25) is 0 Å². The number of halogens is 7. The minimum absolute atomic E-state index is 0.0979. The Morgan fingerprint density at radius 1 is 1.06 bits per heavy atom. The normalized spacial score (nSPS) is 13.4. The first kappa shape index (κ1) is 24.8. The fraction of sp³-hybridized carbons (Fsp3) is 0.286. The fourth-order valence-electron chi connectivity index (χ4n) is 3.00. The minimum Gasteiger partial charge on any atom is -0.465 e. The van der Waals surface area contributed by atoms with Crippen LogP contribution >= 0.6 is 15.9 Å². The summed E-state index contributed by atoms with van der Waals surface area (Å²) in [6, 6.07) is 5.54. The van der Waals surface area contributed by atoms with Gasteiger partial charge in [0.05, 0.1) is 17.2 Å². The third-order valence-electron chi connectivity index (χ3n) is 4.36. The average Bonchev–Trinajstić information content (AvgIpc) is 2.62. The Labute approximate surface area is 182 Å². The molecule has 0 radical (unpaired) electrons. The molecule has 0 saturated heterocycles. The first-order valence-electron chi connectivity index (χ1n) is 8.99. The van der Waals surface area contributed by atoms with Crippen LogP contribution in [0.2, 0.25) is 0 Å². The van der Waals surface area contributed by atoms with Gasteiger partial charge in [-0.05, 0) is 66.8 Å². The molecular weight excluding hydrogens is 492 g/mol. The predicted molar refractivity (Wildman–Crippen MR) is 107 cm³/mol. The molecule has 1 amide bonds. The smallest absolute Gasteiger partial charge is 0.416 e. The van der Waals surface area contributed by atoms with Crippen LogP contribution in [0.15, 0.2) is 46.9 Å². The molecule has 0 bridgehead atoms. The molecule has 2 N–H and O–H groups in total. The van der Waals surface area contributed by atoms with Gasteiger partial charge in [-0.2, -0.15) is 26.3 Å². The summed E-state index contributed by atoms with van der Waals surface area (Å²) in [7, 11) is 0. The molecule has 168 valence electrons. The number of aryl methyl sites for hydroxylation is 1. The highest BCUT2D eigenvalue weighted by atomic mass is 79.9. The van der Waals surface area contributed by atoms with Crippen molar-refractivity contribution in [2.24, 2.45) is 0 Å². The van der Waals surface area contributed by atoms with Gasteiger partial charge in [-0.25, -0.2) is 4.79 Å². The Balaban J connectivity index is 2.21. The van der Waals surface area contributed by atoms with E-state index in [2.05, 4.69) is 21.2 Å². The largest absolute Gasteiger partial charge is 0.465 e. The Morgan fingerprint density at radius 2 is 1.71 bits per heavy atom. The van der Waals surface area contributed by atoms with Crippen molar-refractivity contribution >= 4 is 28.1 Å². The first-order chi connectivity index (χ1) is 14.3. The monoisotopic (exact) mass is 509 g/mol. The summed E-state index contributed by atoms with van der Waals surface area (Å²) in [5.41, 5.74) is -0.855. The van der Waals surface area contributed by atoms with Crippen LogP contribution in [0.25, 0.3) is 6.08 Å². The summed E-state index contributed by atoms with van der Waals surface area (Å²) >= 11 is 3.14. The zero-order valence-electron chi connectivity index (χ0n) is 16.1. The Kier molecular flexibility index (Phi) is 7.80. The maximum Gasteiger partial charge on any atom is 0.416 e. The van der Waals surface area contributed by atoms with Crippen molar-refractivity contribution in [2.45, 2.75) is 38.2 Å². The molecule has 0 fully saturated rings. The summed E-state index contributed by atoms with van der Waals surface area (Å²) in [5.74, 6) is 0. The molecule has 10 heteroatoms. The highest BCUT2D eigenvalue weighted by Crippen LogP contribution is 2.35. The van der Waals surface area contributed by atoms with Gasteiger partial charge in [0.1, 0.15) is 0 Å². The SMILES string of the molecule is Cc1cc(C=CCC[C@@H](NC(=O)O)c2cc(C(F)(F)F)ccc2Br)cc(C(F)(F)F)c1. The molecule has 0 aromatic heterocycles. The molecule has 2 aromatic rings. The zero-order valence-corrected chi connectivity index (χ0v) is 17.7. The summed E-state index contributed by atoms with van der Waals surface area (Å²) in [5, 5.41) is 11.3. The van der Waals surface area contributed by atoms with E-state index in [1.165, 1.54) is 19.1 Å². The van der Waals surface area contributed by atoms with E-state index in [1.54, 1.807) is 12.1 Å². The first-order valence-corrected chi connectivity index (χ1v) is 9.78. The number of allylic oxidation sites excluding steroid dienone is 1. The van der Waals surface area contributed by atoms with Crippen LogP contribution < -0.4 is 5.32 Å². The molecule has 2 rings (SSSR count). The molecule has 1 atom stereocenters. The maximum atomic E-state index is 13.0. The molecule has 0 heterocycles. The van der Waals surface area contributed by atoms with Crippen molar-refractivity contribution in [3.05, 3.63) is 74.8 Å². The van der Waals surface area contributed by atoms with E-state index in [1.807, 2.05) is 0 Å². The number of nitrogens with one attached hydrogen (secondary N) is 1. The van der Waals surface area contributed by atoms with Gasteiger partial charge in [-0.1, -0.05) is 34.1 Å². The van der Waals surface area contributed by atoms with Crippen molar-refractivity contribution in [3.63, 3.8) is 0 Å². The van der Waals surface area contributed by atoms with Gasteiger partial charge in [0.15, 0.2) is 0 Å². The van der Waals surface area contributed by atoms with E-state index in [9.17, 15) is 31.1 Å². The second kappa shape index (κ2) is 9.76. The van der Waals surface area contributed by atoms with Crippen LogP contribution in [0.1, 0.15) is 46.7 Å². The number of rotatable bonds is 6. The topological polar surface area (TPSA) is 49.3 Å². The second-order valence-corrected chi connectivity index (χ2v) is 7.70. The number of carbonyl (C=O) groups is 1. The number of alkyl halides is 6. The van der Waals surface area contributed by atoms with Crippen molar-refractivity contribution in [1.82, 2.24) is 5.32 Å². The van der Waals surface area contributed by atoms with Crippen LogP contribution in [0, 0.1) is 6.92 Å². The molecule has 0 aliphatic heterocycles. The van der Waals surface area contributed by atoms with Crippen molar-refractivity contribution in [3.8, 4) is 0 Å². The van der Waals surface area contributed by atoms with Gasteiger partial charge >= 0.3 is 18.4 Å². The lowest BCUT2D eigenvalue weighted by Gasteiger charge is -2.20. The van der Waals surface area contributed by atoms with E-state index in [0.29, 0.717) is 15.6 Å². The highest BCUT2D eigenvalue weighted by Gasteiger charge is 2.32. The zero-order chi connectivity index (χ0) is 23.4. The summed E-state index contributed by atoms with van der Waals surface area (Å²) in [4.78, 5) is 11.1. The number of amides is 1. The number of carboxylic acid groups (broad SMARTS) is 1. The minimum atomic E-state index is -4.59. The van der Waals surface area contributed by atoms with Crippen LogP contribution in [0.4, 0.5) is 31.1 Å². The standard InChI is InChI=1S/C21H18BrF6NO2/c1-12-8-13(10-15(9-12)21(26,27)28)4-2-3-5-18(29-19(30)31)16-11-14(20(23,24)25)6-7-17(16)22/h2,4,6-11,18,29H,3,5H2,1H3,(H,30,31)/t18-/m1/s1. The van der Waals surface area contributed by atoms with E-state index in [-0.39, 0.29) is 18.4 Å². The number of hydrogen-bond donors (Lipinski definition) is 2. The van der Waals surface area contributed by atoms with Crippen molar-refractivity contribution < 1.29 is 36.2 Å². The average molecular weight is 510 g/mol. The van der Waals surface area contributed by atoms with Crippen LogP contribution in [-0.2, 0) is 12.4 Å². The number of hydrogen-bond acceptors (Lipinski definition) is 1. The van der Waals surface area contributed by atoms with Gasteiger partial charge in [-0.3, -0.25) is 0 Å². The van der Waals surface area contributed by atoms with Gasteiger partial charge in [0, 0.05) is 4.47 Å². The van der Waals surface area contributed by atoms with Crippen molar-refractivity contribution in [1.29, 1.82) is 0 Å². The van der Waals surface area contributed by atoms with Gasteiger partial charge < -0.3 is 10.4 Å². The third-order valence-corrected chi connectivity index (χ3v) is 5.08. The summed E-state index contributed by atoms with van der Waals surface area (Å²) in [6.45, 7) is 1.53. The lowest BCUT2D eigenvalue weighted by Crippen LogP contribution is -2.27. The molecule has 0 aliphatic carbocycles. The molecule has 0 spiro atoms. The van der Waals surface area contributed by atoms with Gasteiger partial charge in [0.25, 0.3) is 0 Å². The van der Waals surface area contributed by atoms with Crippen molar-refractivity contribution in [2.75, 3.05) is 0 Å². The quantitative estimate of drug-likeness (QED) is 0.394. The predicted octanol–water partition coefficient (Wildman–Crippen LogP) is 7.60. The highest BCUT2D eigenvalue weighted by molar-refractivity contribution is 9.10. The fourth-order valence-corrected chi connectivity index (χ4v) is 3.52. The molecule has 31 heavy (non-hydrogen) atoms. The molecule has 0 aliphatic rings.